The Balaban J connectivity index is 0.000000144. The van der Waals surface area contributed by atoms with Crippen LogP contribution in [0.3, 0.4) is 0 Å². The van der Waals surface area contributed by atoms with Crippen molar-refractivity contribution in [2.45, 2.75) is 208 Å². The maximum Gasteiger partial charge on any atom is 0.294 e. The number of para-hydroxylation sites is 1. The molecule has 1 atom stereocenters. The predicted octanol–water partition coefficient (Wildman–Crippen LogP) is 33.0. The van der Waals surface area contributed by atoms with E-state index in [1.807, 2.05) is 102 Å². The standard InChI is InChI=1S/C31H37N2.2C29H33N2.C25H25N2.C25H33N2/c1-22(2)18-27-20-26(25-13-8-7-9-14-25)21-28(19-23(3)4)30(27)33-17-16-32(6)31(33)29-15-11-10-12-24(29)5;2*1-20(2)26-18-24(23-13-8-7-9-14-23)19-27(21(3)4)28(26)31-17-16-30(6)29(31)25-15-11-10-12-22(25)5;1-18-10-8-9-13-23(18)25-26(4)14-15-27(25)24-19(2)16-22(17-20(24)3)21-11-6-5-7-12-21;1-18(2)16-21-11-9-12-22(17-19(3)4)24(21)27-15-14-26(6)25(27)23-13-8-7-10-20(23)5/h7-17,20-23H,18-19H2,1-6H3;2*7-21H,1-6H3;5-17H,1-4H3;7-15,18-19H,16-17H2,1-6H3/q5*+1/i;1D3,20D,21D;;;. The third-order valence-corrected chi connectivity index (χ3v) is 28.5. The fraction of sp³-hybridized carbons (Fsp3) is 0.288. The highest BCUT2D eigenvalue weighted by Gasteiger charge is 2.34. The molecule has 10 heteroatoms. The lowest BCUT2D eigenvalue weighted by Gasteiger charge is -2.20. The van der Waals surface area contributed by atoms with E-state index in [2.05, 4.69) is 482 Å². The van der Waals surface area contributed by atoms with Crippen molar-refractivity contribution in [1.82, 2.24) is 22.8 Å². The number of aromatic nitrogens is 10. The van der Waals surface area contributed by atoms with Gasteiger partial charge in [-0.1, -0.05) is 341 Å². The summed E-state index contributed by atoms with van der Waals surface area (Å²) in [5, 5.41) is 0. The molecule has 149 heavy (non-hydrogen) atoms. The first-order chi connectivity index (χ1) is 73.4. The number of hydrogen-bond acceptors (Lipinski definition) is 0. The predicted molar refractivity (Wildman–Crippen MR) is 627 cm³/mol. The minimum absolute atomic E-state index is 0.366. The largest absolute Gasteiger partial charge is 0.294 e. The topological polar surface area (TPSA) is 44.0 Å². The van der Waals surface area contributed by atoms with Crippen LogP contribution in [0.2, 0.25) is 0 Å². The van der Waals surface area contributed by atoms with Gasteiger partial charge < -0.3 is 0 Å². The summed E-state index contributed by atoms with van der Waals surface area (Å²) >= 11 is 0. The van der Waals surface area contributed by atoms with Crippen molar-refractivity contribution < 1.29 is 29.7 Å². The van der Waals surface area contributed by atoms with E-state index < -0.39 is 18.6 Å². The molecule has 5 heterocycles. The summed E-state index contributed by atoms with van der Waals surface area (Å²) in [4.78, 5) is 0. The van der Waals surface area contributed by atoms with Crippen LogP contribution in [0.5, 0.6) is 0 Å². The molecule has 0 spiro atoms. The first-order valence-corrected chi connectivity index (χ1v) is 53.5. The van der Waals surface area contributed by atoms with E-state index >= 15 is 0 Å². The number of imidazole rings is 5. The van der Waals surface area contributed by atoms with Gasteiger partial charge in [0, 0.05) is 40.2 Å². The zero-order chi connectivity index (χ0) is 111. The lowest BCUT2D eigenvalue weighted by atomic mass is 9.88. The molecule has 0 saturated heterocycles. The summed E-state index contributed by atoms with van der Waals surface area (Å²) in [5.41, 5.74) is 39.7. The van der Waals surface area contributed by atoms with Crippen LogP contribution in [0.1, 0.15) is 225 Å². The summed E-state index contributed by atoms with van der Waals surface area (Å²) in [5.74, 6) is 6.00. The number of benzene rings is 14. The van der Waals surface area contributed by atoms with Crippen LogP contribution in [0.15, 0.2) is 371 Å². The Morgan fingerprint density at radius 3 is 0.698 bits per heavy atom. The van der Waals surface area contributed by atoms with Crippen molar-refractivity contribution >= 4 is 0 Å². The van der Waals surface area contributed by atoms with Gasteiger partial charge in [0.05, 0.1) is 63.1 Å². The van der Waals surface area contributed by atoms with E-state index in [0.717, 1.165) is 53.8 Å². The molecular formula is C139H161N10+5. The van der Waals surface area contributed by atoms with Gasteiger partial charge in [0.2, 0.25) is 0 Å². The second-order valence-electron chi connectivity index (χ2n) is 43.3. The van der Waals surface area contributed by atoms with Crippen molar-refractivity contribution in [3.8, 4) is 130 Å². The summed E-state index contributed by atoms with van der Waals surface area (Å²) < 4.78 is 65.5. The fourth-order valence-corrected chi connectivity index (χ4v) is 21.4. The summed E-state index contributed by atoms with van der Waals surface area (Å²) in [6.07, 6.45) is 25.6. The minimum Gasteiger partial charge on any atom is -0.232 e. The Bertz CT molecular complexity index is 7910. The summed E-state index contributed by atoms with van der Waals surface area (Å²) in [6, 6.07) is 109. The molecular weight excluding hydrogens is 1810 g/mol. The molecule has 0 saturated carbocycles. The monoisotopic (exact) mass is 1980 g/mol. The molecule has 0 fully saturated rings. The fourth-order valence-electron chi connectivity index (χ4n) is 21.4. The summed E-state index contributed by atoms with van der Waals surface area (Å²) in [6.45, 7) is 45.4. The molecule has 14 aromatic carbocycles. The zero-order valence-electron chi connectivity index (χ0n) is 98.5. The van der Waals surface area contributed by atoms with Crippen LogP contribution in [-0.2, 0) is 60.9 Å². The van der Waals surface area contributed by atoms with E-state index in [1.165, 1.54) is 175 Å². The number of nitrogens with zero attached hydrogens (tertiary/aromatic N) is 10. The molecule has 19 aromatic rings. The maximum absolute atomic E-state index is 9.15. The Morgan fingerprint density at radius 2 is 0.436 bits per heavy atom. The van der Waals surface area contributed by atoms with Crippen molar-refractivity contribution in [3.05, 3.63) is 455 Å². The second kappa shape index (κ2) is 48.8. The lowest BCUT2D eigenvalue weighted by Crippen LogP contribution is -2.29. The zero-order valence-corrected chi connectivity index (χ0v) is 93.5. The molecule has 5 aromatic heterocycles. The van der Waals surface area contributed by atoms with Gasteiger partial charge in [-0.25, -0.2) is 22.8 Å². The Kier molecular flexibility index (Phi) is 33.2. The first-order valence-electron chi connectivity index (χ1n) is 56.0. The van der Waals surface area contributed by atoms with E-state index in [4.69, 9.17) is 6.85 Å². The number of rotatable bonds is 26. The van der Waals surface area contributed by atoms with E-state index in [1.54, 1.807) is 13.8 Å². The van der Waals surface area contributed by atoms with Gasteiger partial charge >= 0.3 is 0 Å². The van der Waals surface area contributed by atoms with Crippen LogP contribution >= 0.6 is 0 Å². The average molecular weight is 1980 g/mol. The lowest BCUT2D eigenvalue weighted by molar-refractivity contribution is -0.659. The molecule has 1 unspecified atom stereocenters. The van der Waals surface area contributed by atoms with Crippen molar-refractivity contribution in [2.75, 3.05) is 0 Å². The van der Waals surface area contributed by atoms with Crippen molar-refractivity contribution in [3.63, 3.8) is 0 Å². The Morgan fingerprint density at radius 1 is 0.215 bits per heavy atom. The summed E-state index contributed by atoms with van der Waals surface area (Å²) in [7, 11) is 10.5. The van der Waals surface area contributed by atoms with Crippen LogP contribution in [0, 0.1) is 72.1 Å². The molecule has 19 rings (SSSR count). The maximum atomic E-state index is 9.15. The van der Waals surface area contributed by atoms with E-state index in [0.29, 0.717) is 52.3 Å². The molecule has 0 aliphatic carbocycles. The molecule has 0 aliphatic rings. The highest BCUT2D eigenvalue weighted by atomic mass is 15.2. The second-order valence-corrected chi connectivity index (χ2v) is 43.3. The Labute approximate surface area is 898 Å². The first kappa shape index (κ1) is 101. The van der Waals surface area contributed by atoms with Gasteiger partial charge in [-0.05, 0) is 295 Å². The van der Waals surface area contributed by atoms with Crippen LogP contribution in [-0.4, -0.2) is 22.8 Å². The van der Waals surface area contributed by atoms with Gasteiger partial charge in [0.25, 0.3) is 29.1 Å². The molecule has 0 N–H and O–H groups in total. The SMILES string of the molecule is Cc1ccccc1-c1n(-c2c(C(C)C)cc(-c3ccccc3)cc2C(C)C)cc[n+]1C.Cc1ccccc1-c1n(-c2c(C)cc(-c3ccccc3)cc2C)cc[n+]1C.Cc1ccccc1-c1n(-c2c(CC(C)C)cc(-c3ccccc3)cc2CC(C)C)cc[n+]1C.Cc1ccccc1-c1n(-c2c(CC(C)C)cccc2CC(C)C)cc[n+]1C.[2H]C(C)(C)c1cc(-c2ccccc2)cc(C([2H])(C)C([2H])([2H])[2H])c1-n1cc[n+](C)c1-c1ccccc1C. The number of hydrogen-bond donors (Lipinski definition) is 0. The van der Waals surface area contributed by atoms with Crippen LogP contribution in [0.25, 0.3) is 130 Å². The quantitative estimate of drug-likeness (QED) is 0.0485. The van der Waals surface area contributed by atoms with Gasteiger partial charge in [0.1, 0.15) is 90.4 Å². The van der Waals surface area contributed by atoms with Crippen molar-refractivity contribution in [2.24, 2.45) is 58.9 Å². The number of aryl methyl sites for hydroxylation is 12. The normalized spacial score (nSPS) is 12.4. The molecule has 10 nitrogen and oxygen atoms in total. The third kappa shape index (κ3) is 24.9. The highest BCUT2D eigenvalue weighted by Crippen LogP contribution is 2.44. The van der Waals surface area contributed by atoms with E-state index in [-0.39, 0.29) is 0 Å². The molecule has 0 aliphatic heterocycles. The van der Waals surface area contributed by atoms with E-state index in [9.17, 15) is 0 Å². The smallest absolute Gasteiger partial charge is 0.232 e. The molecule has 0 radical (unpaired) electrons. The van der Waals surface area contributed by atoms with Gasteiger partial charge in [-0.3, -0.25) is 0 Å². The minimum atomic E-state index is -2.58. The Hall–Kier alpha value is -14.9. The van der Waals surface area contributed by atoms with Gasteiger partial charge in [-0.15, -0.1) is 0 Å². The molecule has 0 bridgehead atoms. The average Bonchev–Trinajstić information content (AvgIpc) is 1.39. The van der Waals surface area contributed by atoms with Crippen LogP contribution in [0.4, 0.5) is 0 Å². The van der Waals surface area contributed by atoms with Crippen molar-refractivity contribution in [1.29, 1.82) is 0 Å². The third-order valence-electron chi connectivity index (χ3n) is 28.5. The molecule has 762 valence electrons. The highest BCUT2D eigenvalue weighted by molar-refractivity contribution is 5.77. The van der Waals surface area contributed by atoms with Gasteiger partial charge in [-0.2, -0.15) is 22.8 Å². The molecule has 0 amide bonds. The van der Waals surface area contributed by atoms with Gasteiger partial charge in [0.15, 0.2) is 0 Å². The van der Waals surface area contributed by atoms with Crippen LogP contribution < -0.4 is 22.8 Å².